The van der Waals surface area contributed by atoms with Crippen molar-refractivity contribution >= 4 is 51.8 Å². The minimum atomic E-state index is -0.709. The lowest BCUT2D eigenvalue weighted by Gasteiger charge is -2.38. The summed E-state index contributed by atoms with van der Waals surface area (Å²) in [4.78, 5) is 19.5. The van der Waals surface area contributed by atoms with E-state index >= 15 is 0 Å². The van der Waals surface area contributed by atoms with Crippen LogP contribution in [-0.2, 0) is 11.2 Å². The Morgan fingerprint density at radius 2 is 2.08 bits per heavy atom. The molecular formula is C28H32Cl2N2O3S. The van der Waals surface area contributed by atoms with Crippen molar-refractivity contribution in [2.45, 2.75) is 37.0 Å². The maximum absolute atomic E-state index is 11.6. The number of aliphatic carboxylic acids is 1. The van der Waals surface area contributed by atoms with Gasteiger partial charge in [-0.2, -0.15) is 0 Å². The zero-order valence-corrected chi connectivity index (χ0v) is 22.8. The van der Waals surface area contributed by atoms with E-state index in [1.165, 1.54) is 5.56 Å². The van der Waals surface area contributed by atoms with Crippen LogP contribution in [0.15, 0.2) is 53.6 Å². The molecule has 1 aliphatic rings. The average Bonchev–Trinajstić information content (AvgIpc) is 2.87. The molecular weight excluding hydrogens is 515 g/mol. The second-order valence-corrected chi connectivity index (χ2v) is 11.3. The molecule has 0 bridgehead atoms. The number of methoxy groups -OCH3 is 1. The number of hydrogen-bond donors (Lipinski definition) is 1. The lowest BCUT2D eigenvalue weighted by atomic mass is 9.80. The van der Waals surface area contributed by atoms with Gasteiger partial charge < -0.3 is 14.7 Å². The third-order valence-corrected chi connectivity index (χ3v) is 9.02. The number of aryl methyl sites for hydroxylation is 1. The number of ether oxygens (including phenoxy) is 1. The predicted molar refractivity (Wildman–Crippen MR) is 149 cm³/mol. The molecule has 0 spiro atoms. The second-order valence-electron chi connectivity index (χ2n) is 9.35. The van der Waals surface area contributed by atoms with E-state index < -0.39 is 5.97 Å². The van der Waals surface area contributed by atoms with Crippen LogP contribution in [0.25, 0.3) is 10.9 Å². The average molecular weight is 548 g/mol. The van der Waals surface area contributed by atoms with E-state index in [1.54, 1.807) is 24.9 Å². The molecule has 5 nitrogen and oxygen atoms in total. The first-order valence-corrected chi connectivity index (χ1v) is 14.1. The van der Waals surface area contributed by atoms with E-state index in [1.807, 2.05) is 30.5 Å². The van der Waals surface area contributed by atoms with Gasteiger partial charge in [-0.15, -0.1) is 11.8 Å². The molecule has 0 saturated carbocycles. The first kappa shape index (κ1) is 27.1. The summed E-state index contributed by atoms with van der Waals surface area (Å²) in [5, 5.41) is 11.9. The highest BCUT2D eigenvalue weighted by Crippen LogP contribution is 2.34. The van der Waals surface area contributed by atoms with Gasteiger partial charge in [0.05, 0.1) is 22.7 Å². The Hall–Kier alpha value is -1.99. The van der Waals surface area contributed by atoms with Crippen molar-refractivity contribution in [3.05, 3.63) is 64.3 Å². The Morgan fingerprint density at radius 1 is 1.22 bits per heavy atom. The maximum atomic E-state index is 11.6. The molecule has 8 heteroatoms. The topological polar surface area (TPSA) is 62.7 Å². The molecule has 1 saturated heterocycles. The van der Waals surface area contributed by atoms with Crippen LogP contribution in [0.5, 0.6) is 5.75 Å². The Balaban J connectivity index is 1.31. The molecule has 1 fully saturated rings. The largest absolute Gasteiger partial charge is 0.497 e. The van der Waals surface area contributed by atoms with E-state index in [-0.39, 0.29) is 12.3 Å². The number of hydrogen-bond acceptors (Lipinski definition) is 5. The van der Waals surface area contributed by atoms with Crippen molar-refractivity contribution in [3.8, 4) is 5.75 Å². The Morgan fingerprint density at radius 3 is 2.89 bits per heavy atom. The highest BCUT2D eigenvalue weighted by molar-refractivity contribution is 7.99. The molecule has 1 aliphatic heterocycles. The van der Waals surface area contributed by atoms with Gasteiger partial charge in [-0.3, -0.25) is 9.78 Å². The number of carbonyl (C=O) groups is 1. The number of rotatable bonds is 11. The van der Waals surface area contributed by atoms with Crippen LogP contribution in [0.4, 0.5) is 0 Å². The van der Waals surface area contributed by atoms with E-state index in [2.05, 4.69) is 22.0 Å². The van der Waals surface area contributed by atoms with Crippen molar-refractivity contribution in [1.82, 2.24) is 9.88 Å². The summed E-state index contributed by atoms with van der Waals surface area (Å²) < 4.78 is 5.40. The van der Waals surface area contributed by atoms with Crippen LogP contribution < -0.4 is 4.74 Å². The summed E-state index contributed by atoms with van der Waals surface area (Å²) >= 11 is 14.1. The smallest absolute Gasteiger partial charge is 0.303 e. The van der Waals surface area contributed by atoms with Crippen LogP contribution in [0.2, 0.25) is 10.0 Å². The Bertz CT molecular complexity index is 1190. The molecule has 2 atom stereocenters. The first-order valence-electron chi connectivity index (χ1n) is 12.4. The minimum absolute atomic E-state index is 0.172. The number of benzene rings is 2. The van der Waals surface area contributed by atoms with Gasteiger partial charge in [0, 0.05) is 41.7 Å². The fourth-order valence-corrected chi connectivity index (χ4v) is 6.66. The van der Waals surface area contributed by atoms with Crippen molar-refractivity contribution in [1.29, 1.82) is 0 Å². The monoisotopic (exact) mass is 546 g/mol. The molecule has 192 valence electrons. The Labute approximate surface area is 227 Å². The number of nitrogens with zero attached hydrogens (tertiary/aromatic N) is 2. The Kier molecular flexibility index (Phi) is 9.77. The van der Waals surface area contributed by atoms with Gasteiger partial charge in [0.2, 0.25) is 0 Å². The number of carboxylic acid groups (broad SMARTS) is 1. The van der Waals surface area contributed by atoms with E-state index in [0.717, 1.165) is 72.6 Å². The zero-order chi connectivity index (χ0) is 25.5. The number of aromatic nitrogens is 1. The number of pyridine rings is 1. The SMILES string of the molecule is COc1ccc2nccc(CCC[C@@H]3CCN(CCSc4cccc(Cl)c4Cl)C[C@@H]3CC(=O)O)c2c1. The molecule has 3 aromatic rings. The van der Waals surface area contributed by atoms with Crippen LogP contribution in [0.1, 0.15) is 31.2 Å². The van der Waals surface area contributed by atoms with Crippen LogP contribution in [0, 0.1) is 11.8 Å². The van der Waals surface area contributed by atoms with E-state index in [4.69, 9.17) is 27.9 Å². The highest BCUT2D eigenvalue weighted by atomic mass is 35.5. The van der Waals surface area contributed by atoms with Crippen molar-refractivity contribution in [2.75, 3.05) is 32.5 Å². The molecule has 4 rings (SSSR count). The number of piperidine rings is 1. The summed E-state index contributed by atoms with van der Waals surface area (Å²) in [5.41, 5.74) is 2.24. The molecule has 0 amide bonds. The lowest BCUT2D eigenvalue weighted by Crippen LogP contribution is -2.42. The summed E-state index contributed by atoms with van der Waals surface area (Å²) in [6, 6.07) is 13.8. The van der Waals surface area contributed by atoms with Gasteiger partial charge in [-0.1, -0.05) is 29.3 Å². The quantitative estimate of drug-likeness (QED) is 0.259. The summed E-state index contributed by atoms with van der Waals surface area (Å²) in [6.07, 6.45) is 6.13. The van der Waals surface area contributed by atoms with Crippen LogP contribution in [0.3, 0.4) is 0 Å². The first-order chi connectivity index (χ1) is 17.4. The highest BCUT2D eigenvalue weighted by Gasteiger charge is 2.30. The number of thioether (sulfide) groups is 1. The van der Waals surface area contributed by atoms with Crippen LogP contribution >= 0.6 is 35.0 Å². The van der Waals surface area contributed by atoms with Crippen molar-refractivity contribution in [3.63, 3.8) is 0 Å². The molecule has 0 unspecified atom stereocenters. The normalized spacial score (nSPS) is 18.4. The van der Waals surface area contributed by atoms with Gasteiger partial charge in [0.25, 0.3) is 0 Å². The number of carboxylic acids is 1. The third kappa shape index (κ3) is 7.06. The second kappa shape index (κ2) is 13.0. The summed E-state index contributed by atoms with van der Waals surface area (Å²) in [6.45, 7) is 2.73. The molecule has 0 radical (unpaired) electrons. The van der Waals surface area contributed by atoms with Gasteiger partial charge in [-0.05, 0) is 86.0 Å². The van der Waals surface area contributed by atoms with E-state index in [9.17, 15) is 9.90 Å². The van der Waals surface area contributed by atoms with Gasteiger partial charge in [-0.25, -0.2) is 0 Å². The van der Waals surface area contributed by atoms with Gasteiger partial charge >= 0.3 is 5.97 Å². The molecule has 2 aromatic carbocycles. The van der Waals surface area contributed by atoms with Gasteiger partial charge in [0.15, 0.2) is 0 Å². The molecule has 1 aromatic heterocycles. The number of halogens is 2. The van der Waals surface area contributed by atoms with Gasteiger partial charge in [0.1, 0.15) is 5.75 Å². The van der Waals surface area contributed by atoms with E-state index in [0.29, 0.717) is 16.0 Å². The van der Waals surface area contributed by atoms with Crippen molar-refractivity contribution in [2.24, 2.45) is 11.8 Å². The summed E-state index contributed by atoms with van der Waals surface area (Å²) in [5.74, 6) is 1.62. The standard InChI is InChI=1S/C28H32Cl2N2O3S/c1-35-22-8-9-25-23(17-22)20(10-12-31-25)5-2-4-19-11-13-32(18-21(19)16-27(33)34)14-15-36-26-7-3-6-24(29)28(26)30/h3,6-10,12,17,19,21H,2,4-5,11,13-16,18H2,1H3,(H,33,34)/t19-,21+/m1/s1. The molecule has 36 heavy (non-hydrogen) atoms. The van der Waals surface area contributed by atoms with Crippen LogP contribution in [-0.4, -0.2) is 53.5 Å². The lowest BCUT2D eigenvalue weighted by molar-refractivity contribution is -0.139. The number of likely N-dealkylation sites (tertiary alicyclic amines) is 1. The summed E-state index contributed by atoms with van der Waals surface area (Å²) in [7, 11) is 1.68. The molecule has 2 heterocycles. The fourth-order valence-electron chi connectivity index (χ4n) is 5.16. The van der Waals surface area contributed by atoms with Crippen molar-refractivity contribution < 1.29 is 14.6 Å². The number of fused-ring (bicyclic) bond motifs is 1. The predicted octanol–water partition coefficient (Wildman–Crippen LogP) is 7.08. The fraction of sp³-hybridized carbons (Fsp3) is 0.429. The third-order valence-electron chi connectivity index (χ3n) is 7.05. The zero-order valence-electron chi connectivity index (χ0n) is 20.5. The molecule has 1 N–H and O–H groups in total. The minimum Gasteiger partial charge on any atom is -0.497 e. The maximum Gasteiger partial charge on any atom is 0.303 e. The molecule has 0 aliphatic carbocycles.